The van der Waals surface area contributed by atoms with Crippen LogP contribution in [0, 0.1) is 5.92 Å². The van der Waals surface area contributed by atoms with E-state index >= 15 is 0 Å². The summed E-state index contributed by atoms with van der Waals surface area (Å²) in [5.41, 5.74) is 2.19. The Labute approximate surface area is 124 Å². The van der Waals surface area contributed by atoms with Gasteiger partial charge >= 0.3 is 0 Å². The molecule has 0 saturated carbocycles. The molecule has 1 N–H and O–H groups in total. The summed E-state index contributed by atoms with van der Waals surface area (Å²) in [6, 6.07) is 16.0. The van der Waals surface area contributed by atoms with Crippen LogP contribution < -0.4 is 10.1 Å². The molecule has 1 aliphatic rings. The monoisotopic (exact) mass is 287 g/mol. The molecule has 0 radical (unpaired) electrons. The van der Waals surface area contributed by atoms with Crippen LogP contribution in [-0.4, -0.2) is 19.7 Å². The van der Waals surface area contributed by atoms with Crippen molar-refractivity contribution in [3.8, 4) is 16.9 Å². The van der Waals surface area contributed by atoms with Crippen LogP contribution in [0.2, 0.25) is 5.02 Å². The number of hydrogen-bond donors (Lipinski definition) is 1. The van der Waals surface area contributed by atoms with Crippen LogP contribution in [0.5, 0.6) is 5.75 Å². The maximum atomic E-state index is 6.13. The van der Waals surface area contributed by atoms with Crippen molar-refractivity contribution >= 4 is 11.6 Å². The van der Waals surface area contributed by atoms with Crippen LogP contribution in [0.3, 0.4) is 0 Å². The largest absolute Gasteiger partial charge is 0.493 e. The molecule has 2 nitrogen and oxygen atoms in total. The Morgan fingerprint density at radius 3 is 2.75 bits per heavy atom. The van der Waals surface area contributed by atoms with Crippen LogP contribution in [0.4, 0.5) is 0 Å². The highest BCUT2D eigenvalue weighted by molar-refractivity contribution is 6.31. The van der Waals surface area contributed by atoms with E-state index < -0.39 is 0 Å². The highest BCUT2D eigenvalue weighted by atomic mass is 35.5. The van der Waals surface area contributed by atoms with Crippen molar-refractivity contribution in [3.63, 3.8) is 0 Å². The first-order chi connectivity index (χ1) is 9.83. The minimum absolute atomic E-state index is 0.606. The molecule has 0 aliphatic carbocycles. The molecule has 104 valence electrons. The van der Waals surface area contributed by atoms with Crippen LogP contribution in [0.1, 0.15) is 6.42 Å². The molecule has 2 aromatic carbocycles. The Morgan fingerprint density at radius 2 is 2.00 bits per heavy atom. The number of rotatable bonds is 4. The van der Waals surface area contributed by atoms with Gasteiger partial charge in [0, 0.05) is 23.0 Å². The van der Waals surface area contributed by atoms with Gasteiger partial charge in [0.1, 0.15) is 5.75 Å². The third kappa shape index (κ3) is 3.14. The first kappa shape index (κ1) is 13.5. The molecule has 2 aromatic rings. The van der Waals surface area contributed by atoms with Gasteiger partial charge in [0.25, 0.3) is 0 Å². The van der Waals surface area contributed by atoms with Gasteiger partial charge in [-0.15, -0.1) is 0 Å². The van der Waals surface area contributed by atoms with E-state index in [1.807, 2.05) is 36.4 Å². The van der Waals surface area contributed by atoms with Crippen molar-refractivity contribution in [2.45, 2.75) is 6.42 Å². The number of ether oxygens (including phenoxy) is 1. The maximum absolute atomic E-state index is 6.13. The van der Waals surface area contributed by atoms with Crippen molar-refractivity contribution in [2.75, 3.05) is 19.7 Å². The van der Waals surface area contributed by atoms with Gasteiger partial charge in [-0.2, -0.15) is 0 Å². The number of hydrogen-bond acceptors (Lipinski definition) is 2. The molecule has 0 spiro atoms. The first-order valence-corrected chi connectivity index (χ1v) is 7.39. The van der Waals surface area contributed by atoms with Crippen molar-refractivity contribution in [1.29, 1.82) is 0 Å². The third-order valence-corrected chi connectivity index (χ3v) is 3.90. The van der Waals surface area contributed by atoms with Gasteiger partial charge < -0.3 is 10.1 Å². The molecule has 0 bridgehead atoms. The van der Waals surface area contributed by atoms with Gasteiger partial charge in [-0.25, -0.2) is 0 Å². The van der Waals surface area contributed by atoms with E-state index in [4.69, 9.17) is 16.3 Å². The fourth-order valence-corrected chi connectivity index (χ4v) is 2.71. The third-order valence-electron chi connectivity index (χ3n) is 3.66. The molecule has 0 aromatic heterocycles. The average molecular weight is 288 g/mol. The van der Waals surface area contributed by atoms with E-state index in [-0.39, 0.29) is 0 Å². The Kier molecular flexibility index (Phi) is 4.24. The number of halogens is 1. The van der Waals surface area contributed by atoms with Crippen LogP contribution in [-0.2, 0) is 0 Å². The molecule has 1 fully saturated rings. The minimum atomic E-state index is 0.606. The van der Waals surface area contributed by atoms with Gasteiger partial charge in [-0.1, -0.05) is 41.9 Å². The quantitative estimate of drug-likeness (QED) is 0.918. The van der Waals surface area contributed by atoms with Gasteiger partial charge in [0.05, 0.1) is 6.61 Å². The van der Waals surface area contributed by atoms with E-state index in [0.29, 0.717) is 5.92 Å². The average Bonchev–Trinajstić information content (AvgIpc) is 3.00. The van der Waals surface area contributed by atoms with E-state index in [9.17, 15) is 0 Å². The summed E-state index contributed by atoms with van der Waals surface area (Å²) >= 11 is 6.13. The zero-order valence-corrected chi connectivity index (χ0v) is 12.1. The molecule has 1 heterocycles. The van der Waals surface area contributed by atoms with Gasteiger partial charge in [-0.05, 0) is 36.7 Å². The van der Waals surface area contributed by atoms with Gasteiger partial charge in [0.2, 0.25) is 0 Å². The summed E-state index contributed by atoms with van der Waals surface area (Å²) < 4.78 is 6.03. The number of nitrogens with one attached hydrogen (secondary N) is 1. The highest BCUT2D eigenvalue weighted by Gasteiger charge is 2.16. The van der Waals surface area contributed by atoms with Crippen LogP contribution >= 0.6 is 11.6 Å². The second kappa shape index (κ2) is 6.29. The molecule has 1 atom stereocenters. The van der Waals surface area contributed by atoms with Gasteiger partial charge in [0.15, 0.2) is 0 Å². The van der Waals surface area contributed by atoms with E-state index in [1.165, 1.54) is 6.42 Å². The standard InChI is InChI=1S/C17H18ClNO/c18-15-6-7-17(20-12-13-8-9-19-11-13)16(10-15)14-4-2-1-3-5-14/h1-7,10,13,19H,8-9,11-12H2. The predicted octanol–water partition coefficient (Wildman–Crippen LogP) is 4.00. The number of benzene rings is 2. The van der Waals surface area contributed by atoms with Crippen molar-refractivity contribution in [1.82, 2.24) is 5.32 Å². The molecule has 3 heteroatoms. The van der Waals surface area contributed by atoms with Crippen molar-refractivity contribution in [3.05, 3.63) is 53.6 Å². The van der Waals surface area contributed by atoms with E-state index in [0.717, 1.165) is 41.6 Å². The van der Waals surface area contributed by atoms with Crippen molar-refractivity contribution < 1.29 is 4.74 Å². The Morgan fingerprint density at radius 1 is 1.15 bits per heavy atom. The first-order valence-electron chi connectivity index (χ1n) is 7.01. The van der Waals surface area contributed by atoms with E-state index in [2.05, 4.69) is 17.4 Å². The fraction of sp³-hybridized carbons (Fsp3) is 0.294. The summed E-state index contributed by atoms with van der Waals surface area (Å²) in [5.74, 6) is 1.52. The zero-order chi connectivity index (χ0) is 13.8. The molecule has 1 saturated heterocycles. The normalized spacial score (nSPS) is 18.1. The Hall–Kier alpha value is -1.51. The Balaban J connectivity index is 1.82. The lowest BCUT2D eigenvalue weighted by atomic mass is 10.0. The molecule has 0 amide bonds. The van der Waals surface area contributed by atoms with Gasteiger partial charge in [-0.3, -0.25) is 0 Å². The van der Waals surface area contributed by atoms with Crippen LogP contribution in [0.15, 0.2) is 48.5 Å². The minimum Gasteiger partial charge on any atom is -0.493 e. The molecule has 20 heavy (non-hydrogen) atoms. The van der Waals surface area contributed by atoms with Crippen LogP contribution in [0.25, 0.3) is 11.1 Å². The highest BCUT2D eigenvalue weighted by Crippen LogP contribution is 2.33. The summed E-state index contributed by atoms with van der Waals surface area (Å²) in [4.78, 5) is 0. The second-order valence-corrected chi connectivity index (χ2v) is 5.61. The smallest absolute Gasteiger partial charge is 0.127 e. The second-order valence-electron chi connectivity index (χ2n) is 5.18. The lowest BCUT2D eigenvalue weighted by molar-refractivity contribution is 0.261. The molecular formula is C17H18ClNO. The summed E-state index contributed by atoms with van der Waals surface area (Å²) in [6.07, 6.45) is 1.19. The molecule has 1 unspecified atom stereocenters. The maximum Gasteiger partial charge on any atom is 0.127 e. The molecule has 3 rings (SSSR count). The lowest BCUT2D eigenvalue weighted by Crippen LogP contribution is -2.15. The van der Waals surface area contributed by atoms with E-state index in [1.54, 1.807) is 0 Å². The summed E-state index contributed by atoms with van der Waals surface area (Å²) in [6.45, 7) is 2.91. The topological polar surface area (TPSA) is 21.3 Å². The predicted molar refractivity (Wildman–Crippen MR) is 83.4 cm³/mol. The SMILES string of the molecule is Clc1ccc(OCC2CCNC2)c(-c2ccccc2)c1. The molecular weight excluding hydrogens is 270 g/mol. The summed E-state index contributed by atoms with van der Waals surface area (Å²) in [7, 11) is 0. The zero-order valence-electron chi connectivity index (χ0n) is 11.3. The summed E-state index contributed by atoms with van der Waals surface area (Å²) in [5, 5.41) is 4.10. The Bertz CT molecular complexity index is 564. The molecule has 1 aliphatic heterocycles. The fourth-order valence-electron chi connectivity index (χ4n) is 2.54. The van der Waals surface area contributed by atoms with Crippen molar-refractivity contribution in [2.24, 2.45) is 5.92 Å². The lowest BCUT2D eigenvalue weighted by Gasteiger charge is -2.15.